The molecule has 5 heteroatoms. The lowest BCUT2D eigenvalue weighted by atomic mass is 9.86. The molecule has 2 saturated heterocycles. The lowest BCUT2D eigenvalue weighted by Crippen LogP contribution is -2.33. The second-order valence-electron chi connectivity index (χ2n) is 5.60. The number of hydrogen-bond acceptors (Lipinski definition) is 3. The molecule has 1 aromatic rings. The molecule has 1 atom stereocenters. The van der Waals surface area contributed by atoms with Crippen molar-refractivity contribution < 1.29 is 4.79 Å². The van der Waals surface area contributed by atoms with Gasteiger partial charge in [0, 0.05) is 29.9 Å². The number of amides is 1. The van der Waals surface area contributed by atoms with Crippen molar-refractivity contribution in [3.63, 3.8) is 0 Å². The normalized spacial score (nSPS) is 24.9. The van der Waals surface area contributed by atoms with E-state index in [1.54, 1.807) is 11.8 Å². The number of nitrogens with zero attached hydrogens (tertiary/aromatic N) is 1. The number of carbonyl (C=O) groups is 1. The summed E-state index contributed by atoms with van der Waals surface area (Å²) in [6.45, 7) is 4.00. The summed E-state index contributed by atoms with van der Waals surface area (Å²) in [5.74, 6) is 0.203. The zero-order valence-electron chi connectivity index (χ0n) is 11.7. The van der Waals surface area contributed by atoms with E-state index in [4.69, 9.17) is 0 Å². The van der Waals surface area contributed by atoms with Gasteiger partial charge in [0.1, 0.15) is 0 Å². The Balaban J connectivity index is 0.00000147. The third kappa shape index (κ3) is 2.83. The second-order valence-corrected chi connectivity index (χ2v) is 6.45. The van der Waals surface area contributed by atoms with Gasteiger partial charge in [-0.15, -0.1) is 24.2 Å². The molecule has 20 heavy (non-hydrogen) atoms. The van der Waals surface area contributed by atoms with E-state index in [0.29, 0.717) is 5.41 Å². The van der Waals surface area contributed by atoms with Gasteiger partial charge in [-0.25, -0.2) is 0 Å². The van der Waals surface area contributed by atoms with Gasteiger partial charge in [0.15, 0.2) is 0 Å². The summed E-state index contributed by atoms with van der Waals surface area (Å²) < 4.78 is 0. The number of rotatable bonds is 2. The molecule has 1 amide bonds. The van der Waals surface area contributed by atoms with Gasteiger partial charge in [-0.1, -0.05) is 12.1 Å². The van der Waals surface area contributed by atoms with Crippen molar-refractivity contribution in [2.24, 2.45) is 5.41 Å². The van der Waals surface area contributed by atoms with Gasteiger partial charge in [-0.2, -0.15) is 0 Å². The van der Waals surface area contributed by atoms with Gasteiger partial charge in [0.05, 0.1) is 5.56 Å². The minimum Gasteiger partial charge on any atom is -0.338 e. The van der Waals surface area contributed by atoms with Crippen LogP contribution in [-0.4, -0.2) is 43.2 Å². The Bertz CT molecular complexity index is 489. The third-order valence-corrected chi connectivity index (χ3v) is 5.19. The van der Waals surface area contributed by atoms with E-state index in [2.05, 4.69) is 5.32 Å². The molecule has 3 nitrogen and oxygen atoms in total. The van der Waals surface area contributed by atoms with Crippen molar-refractivity contribution in [2.75, 3.05) is 32.4 Å². The fraction of sp³-hybridized carbons (Fsp3) is 0.533. The summed E-state index contributed by atoms with van der Waals surface area (Å²) >= 11 is 1.65. The molecular weight excluding hydrogens is 292 g/mol. The molecule has 0 bridgehead atoms. The second kappa shape index (κ2) is 6.37. The van der Waals surface area contributed by atoms with Gasteiger partial charge in [-0.3, -0.25) is 4.79 Å². The van der Waals surface area contributed by atoms with Gasteiger partial charge in [0.25, 0.3) is 5.91 Å². The Morgan fingerprint density at radius 2 is 2.15 bits per heavy atom. The minimum absolute atomic E-state index is 0. The van der Waals surface area contributed by atoms with Crippen molar-refractivity contribution in [3.8, 4) is 0 Å². The summed E-state index contributed by atoms with van der Waals surface area (Å²) in [4.78, 5) is 15.8. The average Bonchev–Trinajstić information content (AvgIpc) is 3.09. The van der Waals surface area contributed by atoms with Crippen LogP contribution in [0, 0.1) is 5.41 Å². The van der Waals surface area contributed by atoms with E-state index in [0.717, 1.165) is 43.1 Å². The van der Waals surface area contributed by atoms with Crippen molar-refractivity contribution in [3.05, 3.63) is 29.8 Å². The summed E-state index contributed by atoms with van der Waals surface area (Å²) in [5, 5.41) is 3.43. The standard InChI is InChI=1S/C15H20N2OS.ClH/c1-19-13-5-3-2-4-12(13)14(18)17-9-7-15(11-17)6-8-16-10-15;/h2-5,16H,6-11H2,1H3;1H. The monoisotopic (exact) mass is 312 g/mol. The quantitative estimate of drug-likeness (QED) is 0.852. The first-order valence-corrected chi connectivity index (χ1v) is 8.10. The first kappa shape index (κ1) is 15.7. The van der Waals surface area contributed by atoms with Crippen molar-refractivity contribution in [2.45, 2.75) is 17.7 Å². The molecule has 2 heterocycles. The third-order valence-electron chi connectivity index (χ3n) is 4.40. The van der Waals surface area contributed by atoms with Crippen LogP contribution in [0.3, 0.4) is 0 Å². The van der Waals surface area contributed by atoms with Crippen LogP contribution >= 0.6 is 24.2 Å². The number of likely N-dealkylation sites (tertiary alicyclic amines) is 1. The number of carbonyl (C=O) groups excluding carboxylic acids is 1. The highest BCUT2D eigenvalue weighted by atomic mass is 35.5. The molecule has 1 unspecified atom stereocenters. The number of hydrogen-bond donors (Lipinski definition) is 1. The van der Waals surface area contributed by atoms with Crippen LogP contribution in [0.1, 0.15) is 23.2 Å². The lowest BCUT2D eigenvalue weighted by Gasteiger charge is -2.23. The molecule has 2 aliphatic rings. The highest BCUT2D eigenvalue weighted by molar-refractivity contribution is 7.98. The maximum Gasteiger partial charge on any atom is 0.255 e. The van der Waals surface area contributed by atoms with E-state index in [9.17, 15) is 4.79 Å². The smallest absolute Gasteiger partial charge is 0.255 e. The minimum atomic E-state index is 0. The topological polar surface area (TPSA) is 32.3 Å². The van der Waals surface area contributed by atoms with Crippen LogP contribution in [0.5, 0.6) is 0 Å². The Morgan fingerprint density at radius 3 is 2.85 bits per heavy atom. The number of halogens is 1. The van der Waals surface area contributed by atoms with Crippen LogP contribution in [0.25, 0.3) is 0 Å². The molecule has 1 aromatic carbocycles. The zero-order chi connectivity index (χ0) is 13.3. The van der Waals surface area contributed by atoms with Crippen LogP contribution in [-0.2, 0) is 0 Å². The lowest BCUT2D eigenvalue weighted by molar-refractivity contribution is 0.0772. The molecule has 1 spiro atoms. The number of nitrogens with one attached hydrogen (secondary N) is 1. The highest BCUT2D eigenvalue weighted by Crippen LogP contribution is 2.37. The molecule has 110 valence electrons. The maximum absolute atomic E-state index is 12.7. The molecule has 1 N–H and O–H groups in total. The first-order chi connectivity index (χ1) is 9.24. The van der Waals surface area contributed by atoms with Gasteiger partial charge in [-0.05, 0) is 37.8 Å². The molecule has 0 saturated carbocycles. The van der Waals surface area contributed by atoms with E-state index >= 15 is 0 Å². The summed E-state index contributed by atoms with van der Waals surface area (Å²) in [7, 11) is 0. The molecule has 3 rings (SSSR count). The molecule has 0 aromatic heterocycles. The van der Waals surface area contributed by atoms with E-state index < -0.39 is 0 Å². The first-order valence-electron chi connectivity index (χ1n) is 6.87. The van der Waals surface area contributed by atoms with E-state index in [-0.39, 0.29) is 18.3 Å². The average molecular weight is 313 g/mol. The van der Waals surface area contributed by atoms with Gasteiger partial charge in [0.2, 0.25) is 0 Å². The highest BCUT2D eigenvalue weighted by Gasteiger charge is 2.42. The number of thioether (sulfide) groups is 1. The molecule has 0 aliphatic carbocycles. The van der Waals surface area contributed by atoms with Crippen molar-refractivity contribution >= 4 is 30.1 Å². The van der Waals surface area contributed by atoms with Crippen LogP contribution in [0.2, 0.25) is 0 Å². The predicted octanol–water partition coefficient (Wildman–Crippen LogP) is 2.66. The van der Waals surface area contributed by atoms with Crippen LogP contribution < -0.4 is 5.32 Å². The molecule has 0 radical (unpaired) electrons. The van der Waals surface area contributed by atoms with Gasteiger partial charge >= 0.3 is 0 Å². The molecular formula is C15H21ClN2OS. The maximum atomic E-state index is 12.7. The predicted molar refractivity (Wildman–Crippen MR) is 85.9 cm³/mol. The van der Waals surface area contributed by atoms with Crippen LogP contribution in [0.15, 0.2) is 29.2 Å². The summed E-state index contributed by atoms with van der Waals surface area (Å²) in [6.07, 6.45) is 4.38. The Hall–Kier alpha value is -0.710. The largest absolute Gasteiger partial charge is 0.338 e. The zero-order valence-corrected chi connectivity index (χ0v) is 13.4. The molecule has 2 aliphatic heterocycles. The molecule has 2 fully saturated rings. The number of benzene rings is 1. The van der Waals surface area contributed by atoms with Crippen molar-refractivity contribution in [1.29, 1.82) is 0 Å². The Morgan fingerprint density at radius 1 is 1.35 bits per heavy atom. The Labute approximate surface area is 130 Å². The Kier molecular flexibility index (Phi) is 4.99. The summed E-state index contributed by atoms with van der Waals surface area (Å²) in [5.41, 5.74) is 1.21. The van der Waals surface area contributed by atoms with E-state index in [1.165, 1.54) is 6.42 Å². The van der Waals surface area contributed by atoms with Gasteiger partial charge < -0.3 is 10.2 Å². The summed E-state index contributed by atoms with van der Waals surface area (Å²) in [6, 6.07) is 7.93. The SMILES string of the molecule is CSc1ccccc1C(=O)N1CCC2(CCNC2)C1.Cl. The fourth-order valence-corrected chi connectivity index (χ4v) is 3.83. The van der Waals surface area contributed by atoms with Crippen LogP contribution in [0.4, 0.5) is 0 Å². The van der Waals surface area contributed by atoms with E-state index in [1.807, 2.05) is 35.4 Å². The fourth-order valence-electron chi connectivity index (χ4n) is 3.24. The van der Waals surface area contributed by atoms with Crippen molar-refractivity contribution in [1.82, 2.24) is 10.2 Å².